The molecule has 0 unspecified atom stereocenters. The molecule has 5 heteroatoms. The van der Waals surface area contributed by atoms with E-state index >= 15 is 0 Å². The van der Waals surface area contributed by atoms with Crippen LogP contribution in [0.1, 0.15) is 39.5 Å². The molecular formula is C22H28N2O3. The molecule has 0 fully saturated rings. The van der Waals surface area contributed by atoms with Gasteiger partial charge in [-0.1, -0.05) is 17.7 Å². The van der Waals surface area contributed by atoms with Gasteiger partial charge in [0.15, 0.2) is 5.78 Å². The molecule has 27 heavy (non-hydrogen) atoms. The molecule has 1 N–H and O–H groups in total. The van der Waals surface area contributed by atoms with Gasteiger partial charge in [0.25, 0.3) is 0 Å². The van der Waals surface area contributed by atoms with Crippen LogP contribution in [0.2, 0.25) is 0 Å². The summed E-state index contributed by atoms with van der Waals surface area (Å²) in [5.41, 5.74) is 5.67. The predicted molar refractivity (Wildman–Crippen MR) is 109 cm³/mol. The lowest BCUT2D eigenvalue weighted by molar-refractivity contribution is -0.117. The molecule has 5 nitrogen and oxygen atoms in total. The van der Waals surface area contributed by atoms with E-state index in [2.05, 4.69) is 17.4 Å². The lowest BCUT2D eigenvalue weighted by atomic mass is 10.1. The minimum atomic E-state index is -0.0748. The number of ether oxygens (including phenoxy) is 1. The minimum Gasteiger partial charge on any atom is -0.496 e. The van der Waals surface area contributed by atoms with E-state index in [-0.39, 0.29) is 18.2 Å². The third-order valence-electron chi connectivity index (χ3n) is 4.48. The van der Waals surface area contributed by atoms with Crippen LogP contribution in [0, 0.1) is 20.8 Å². The van der Waals surface area contributed by atoms with Crippen molar-refractivity contribution in [3.05, 3.63) is 58.1 Å². The predicted octanol–water partition coefficient (Wildman–Crippen LogP) is 3.89. The number of benzene rings is 2. The molecule has 0 saturated heterocycles. The fourth-order valence-corrected chi connectivity index (χ4v) is 3.27. The van der Waals surface area contributed by atoms with Gasteiger partial charge in [0.1, 0.15) is 5.75 Å². The van der Waals surface area contributed by atoms with E-state index in [1.807, 2.05) is 38.8 Å². The summed E-state index contributed by atoms with van der Waals surface area (Å²) in [4.78, 5) is 26.0. The van der Waals surface area contributed by atoms with Crippen molar-refractivity contribution in [2.24, 2.45) is 0 Å². The van der Waals surface area contributed by atoms with Crippen molar-refractivity contribution in [2.75, 3.05) is 26.0 Å². The van der Waals surface area contributed by atoms with Crippen LogP contribution in [0.25, 0.3) is 0 Å². The Morgan fingerprint density at radius 1 is 1.07 bits per heavy atom. The van der Waals surface area contributed by atoms with Crippen LogP contribution in [-0.4, -0.2) is 37.3 Å². The number of carbonyl (C=O) groups is 2. The number of aryl methyl sites for hydroxylation is 3. The van der Waals surface area contributed by atoms with Crippen molar-refractivity contribution in [2.45, 2.75) is 34.2 Å². The second-order valence-electron chi connectivity index (χ2n) is 7.08. The van der Waals surface area contributed by atoms with E-state index in [9.17, 15) is 9.59 Å². The molecule has 0 aliphatic rings. The van der Waals surface area contributed by atoms with Gasteiger partial charge in [-0.2, -0.15) is 0 Å². The number of methoxy groups -OCH3 is 1. The number of anilines is 1. The molecular weight excluding hydrogens is 340 g/mol. The van der Waals surface area contributed by atoms with Gasteiger partial charge in [0, 0.05) is 23.4 Å². The van der Waals surface area contributed by atoms with Crippen molar-refractivity contribution in [1.29, 1.82) is 0 Å². The van der Waals surface area contributed by atoms with Crippen molar-refractivity contribution in [1.82, 2.24) is 4.90 Å². The molecule has 2 rings (SSSR count). The minimum absolute atomic E-state index is 0.00428. The van der Waals surface area contributed by atoms with E-state index < -0.39 is 0 Å². The topological polar surface area (TPSA) is 58.6 Å². The van der Waals surface area contributed by atoms with Crippen LogP contribution >= 0.6 is 0 Å². The Kier molecular flexibility index (Phi) is 6.75. The quantitative estimate of drug-likeness (QED) is 0.753. The number of ketones is 1. The Hall–Kier alpha value is -2.66. The van der Waals surface area contributed by atoms with Gasteiger partial charge in [-0.25, -0.2) is 0 Å². The summed E-state index contributed by atoms with van der Waals surface area (Å²) >= 11 is 0. The van der Waals surface area contributed by atoms with Crippen molar-refractivity contribution in [3.8, 4) is 5.75 Å². The second-order valence-corrected chi connectivity index (χ2v) is 7.08. The average Bonchev–Trinajstić information content (AvgIpc) is 2.57. The average molecular weight is 368 g/mol. The number of hydrogen-bond acceptors (Lipinski definition) is 4. The molecule has 2 aromatic rings. The lowest BCUT2D eigenvalue weighted by Gasteiger charge is -2.19. The van der Waals surface area contributed by atoms with Crippen LogP contribution < -0.4 is 10.1 Å². The maximum Gasteiger partial charge on any atom is 0.238 e. The summed E-state index contributed by atoms with van der Waals surface area (Å²) in [7, 11) is 3.47. The summed E-state index contributed by atoms with van der Waals surface area (Å²) in [6.07, 6.45) is 0. The summed E-state index contributed by atoms with van der Waals surface area (Å²) in [5.74, 6) is 0.636. The fourth-order valence-electron chi connectivity index (χ4n) is 3.27. The van der Waals surface area contributed by atoms with Crippen LogP contribution in [0.4, 0.5) is 5.69 Å². The van der Waals surface area contributed by atoms with E-state index in [4.69, 9.17) is 4.74 Å². The van der Waals surface area contributed by atoms with E-state index in [0.29, 0.717) is 17.9 Å². The molecule has 0 atom stereocenters. The Bertz CT molecular complexity index is 836. The molecule has 2 aromatic carbocycles. The second kappa shape index (κ2) is 8.82. The number of likely N-dealkylation sites (N-methyl/N-ethyl adjacent to an activating group) is 1. The maximum absolute atomic E-state index is 12.5. The van der Waals surface area contributed by atoms with E-state index in [1.165, 1.54) is 12.5 Å². The Morgan fingerprint density at radius 3 is 2.26 bits per heavy atom. The van der Waals surface area contributed by atoms with Crippen molar-refractivity contribution in [3.63, 3.8) is 0 Å². The van der Waals surface area contributed by atoms with Gasteiger partial charge in [-0.15, -0.1) is 0 Å². The van der Waals surface area contributed by atoms with Crippen LogP contribution in [0.3, 0.4) is 0 Å². The van der Waals surface area contributed by atoms with Gasteiger partial charge < -0.3 is 10.1 Å². The zero-order valence-electron chi connectivity index (χ0n) is 17.0. The van der Waals surface area contributed by atoms with Gasteiger partial charge in [0.05, 0.1) is 13.7 Å². The number of nitrogens with zero attached hydrogens (tertiary/aromatic N) is 1. The number of amides is 1. The van der Waals surface area contributed by atoms with E-state index in [0.717, 1.165) is 22.4 Å². The van der Waals surface area contributed by atoms with Crippen molar-refractivity contribution < 1.29 is 14.3 Å². The number of Topliss-reactive ketones (excluding diaryl/α,β-unsaturated/α-hetero) is 1. The number of hydrogen-bond donors (Lipinski definition) is 1. The van der Waals surface area contributed by atoms with Crippen LogP contribution in [-0.2, 0) is 11.3 Å². The van der Waals surface area contributed by atoms with Crippen molar-refractivity contribution >= 4 is 17.4 Å². The number of carbonyl (C=O) groups excluding carboxylic acids is 2. The van der Waals surface area contributed by atoms with E-state index in [1.54, 1.807) is 19.2 Å². The normalized spacial score (nSPS) is 10.8. The largest absolute Gasteiger partial charge is 0.496 e. The maximum atomic E-state index is 12.5. The third kappa shape index (κ3) is 5.41. The SMILES string of the molecule is COc1ccc(C(C)=O)cc1CN(C)CC(=O)Nc1c(C)cc(C)cc1C. The first-order valence-corrected chi connectivity index (χ1v) is 8.95. The highest BCUT2D eigenvalue weighted by atomic mass is 16.5. The smallest absolute Gasteiger partial charge is 0.238 e. The highest BCUT2D eigenvalue weighted by Crippen LogP contribution is 2.23. The Morgan fingerprint density at radius 2 is 1.70 bits per heavy atom. The Balaban J connectivity index is 2.07. The summed E-state index contributed by atoms with van der Waals surface area (Å²) in [5, 5.41) is 3.01. The first-order chi connectivity index (χ1) is 12.7. The molecule has 0 aromatic heterocycles. The van der Waals surface area contributed by atoms with Gasteiger partial charge >= 0.3 is 0 Å². The zero-order chi connectivity index (χ0) is 20.1. The van der Waals surface area contributed by atoms with Crippen LogP contribution in [0.5, 0.6) is 5.75 Å². The lowest BCUT2D eigenvalue weighted by Crippen LogP contribution is -2.30. The molecule has 0 spiro atoms. The molecule has 0 radical (unpaired) electrons. The summed E-state index contributed by atoms with van der Waals surface area (Å²) < 4.78 is 5.39. The standard InChI is InChI=1S/C22H28N2O3/c1-14-9-15(2)22(16(3)10-14)23-21(26)13-24(5)12-19-11-18(17(4)25)7-8-20(19)27-6/h7-11H,12-13H2,1-6H3,(H,23,26). The van der Waals surface area contributed by atoms with Crippen LogP contribution in [0.15, 0.2) is 30.3 Å². The number of rotatable bonds is 7. The molecule has 0 bridgehead atoms. The molecule has 0 heterocycles. The first-order valence-electron chi connectivity index (χ1n) is 8.95. The molecule has 0 saturated carbocycles. The highest BCUT2D eigenvalue weighted by molar-refractivity contribution is 5.94. The molecule has 0 aliphatic heterocycles. The summed E-state index contributed by atoms with van der Waals surface area (Å²) in [6.45, 7) is 8.32. The fraction of sp³-hybridized carbons (Fsp3) is 0.364. The monoisotopic (exact) mass is 368 g/mol. The first kappa shape index (κ1) is 20.6. The molecule has 144 valence electrons. The molecule has 1 amide bonds. The van der Waals surface area contributed by atoms with Gasteiger partial charge in [-0.3, -0.25) is 14.5 Å². The zero-order valence-corrected chi connectivity index (χ0v) is 17.0. The highest BCUT2D eigenvalue weighted by Gasteiger charge is 2.14. The summed E-state index contributed by atoms with van der Waals surface area (Å²) in [6, 6.07) is 9.48. The van der Waals surface area contributed by atoms with Gasteiger partial charge in [0.2, 0.25) is 5.91 Å². The van der Waals surface area contributed by atoms with Gasteiger partial charge in [-0.05, 0) is 64.1 Å². The third-order valence-corrected chi connectivity index (χ3v) is 4.48. The Labute approximate surface area is 161 Å². The molecule has 0 aliphatic carbocycles. The number of nitrogens with one attached hydrogen (secondary N) is 1.